The summed E-state index contributed by atoms with van der Waals surface area (Å²) in [7, 11) is 0. The molecule has 3 aromatic heterocycles. The molecule has 0 aliphatic carbocycles. The first-order valence-electron chi connectivity index (χ1n) is 4.21. The van der Waals surface area contributed by atoms with Gasteiger partial charge >= 0.3 is 0 Å². The van der Waals surface area contributed by atoms with Gasteiger partial charge in [0.25, 0.3) is 0 Å². The minimum atomic E-state index is 0.506. The lowest BCUT2D eigenvalue weighted by Gasteiger charge is -1.91. The van der Waals surface area contributed by atoms with Crippen LogP contribution < -0.4 is 5.73 Å². The summed E-state index contributed by atoms with van der Waals surface area (Å²) in [6.07, 6.45) is 4.96. The van der Waals surface area contributed by atoms with E-state index in [0.717, 1.165) is 16.3 Å². The van der Waals surface area contributed by atoms with Gasteiger partial charge in [-0.15, -0.1) is 5.10 Å². The molecule has 0 saturated heterocycles. The lowest BCUT2D eigenvalue weighted by atomic mass is 10.3. The Morgan fingerprint density at radius 3 is 3.00 bits per heavy atom. The lowest BCUT2D eigenvalue weighted by molar-refractivity contribution is 0.980. The van der Waals surface area contributed by atoms with Crippen molar-refractivity contribution in [1.29, 1.82) is 0 Å². The second-order valence-electron chi connectivity index (χ2n) is 2.89. The lowest BCUT2D eigenvalue weighted by Crippen LogP contribution is -1.86. The van der Waals surface area contributed by atoms with Crippen LogP contribution in [0.4, 0.5) is 5.13 Å². The van der Waals surface area contributed by atoms with Gasteiger partial charge in [0.05, 0.1) is 11.9 Å². The van der Waals surface area contributed by atoms with Gasteiger partial charge in [-0.2, -0.15) is 0 Å². The van der Waals surface area contributed by atoms with Gasteiger partial charge in [0.15, 0.2) is 0 Å². The first kappa shape index (κ1) is 8.30. The summed E-state index contributed by atoms with van der Waals surface area (Å²) in [6, 6.07) is 1.80. The molecule has 0 aliphatic heterocycles. The number of anilines is 1. The highest BCUT2D eigenvalue weighted by Crippen LogP contribution is 2.20. The van der Waals surface area contributed by atoms with Crippen molar-refractivity contribution in [3.05, 3.63) is 24.8 Å². The minimum Gasteiger partial charge on any atom is -0.374 e. The predicted octanol–water partition coefficient (Wildman–Crippen LogP) is 0.830. The van der Waals surface area contributed by atoms with E-state index in [-0.39, 0.29) is 0 Å². The summed E-state index contributed by atoms with van der Waals surface area (Å²) in [6.45, 7) is 0. The molecule has 74 valence electrons. The van der Waals surface area contributed by atoms with Gasteiger partial charge in [0, 0.05) is 6.20 Å². The van der Waals surface area contributed by atoms with E-state index in [0.29, 0.717) is 5.13 Å². The largest absolute Gasteiger partial charge is 0.374 e. The van der Waals surface area contributed by atoms with Crippen molar-refractivity contribution >= 4 is 21.4 Å². The van der Waals surface area contributed by atoms with Crippen molar-refractivity contribution in [1.82, 2.24) is 24.6 Å². The zero-order valence-corrected chi connectivity index (χ0v) is 8.35. The molecule has 2 N–H and O–H groups in total. The third-order valence-corrected chi connectivity index (χ3v) is 2.65. The number of aromatic nitrogens is 5. The Labute approximate surface area is 88.4 Å². The van der Waals surface area contributed by atoms with Crippen molar-refractivity contribution in [2.75, 3.05) is 5.73 Å². The number of rotatable bonds is 1. The molecule has 3 aromatic rings. The van der Waals surface area contributed by atoms with Crippen LogP contribution in [0.25, 0.3) is 16.3 Å². The maximum Gasteiger partial charge on any atom is 0.214 e. The molecular weight excluding hydrogens is 212 g/mol. The second kappa shape index (κ2) is 2.99. The zero-order chi connectivity index (χ0) is 10.3. The summed E-state index contributed by atoms with van der Waals surface area (Å²) in [5, 5.41) is 4.57. The fourth-order valence-electron chi connectivity index (χ4n) is 1.28. The van der Waals surface area contributed by atoms with Crippen LogP contribution in [0.1, 0.15) is 0 Å². The van der Waals surface area contributed by atoms with Gasteiger partial charge < -0.3 is 5.73 Å². The van der Waals surface area contributed by atoms with E-state index < -0.39 is 0 Å². The highest BCUT2D eigenvalue weighted by Gasteiger charge is 2.08. The Kier molecular flexibility index (Phi) is 1.65. The number of fused-ring (bicyclic) bond motifs is 1. The topological polar surface area (TPSA) is 82.0 Å². The molecule has 15 heavy (non-hydrogen) atoms. The molecule has 0 fully saturated rings. The maximum absolute atomic E-state index is 5.54. The Morgan fingerprint density at radius 1 is 1.33 bits per heavy atom. The van der Waals surface area contributed by atoms with Crippen LogP contribution in [-0.2, 0) is 0 Å². The van der Waals surface area contributed by atoms with Crippen LogP contribution in [0.15, 0.2) is 24.8 Å². The first-order chi connectivity index (χ1) is 7.33. The molecule has 0 saturated carbocycles. The van der Waals surface area contributed by atoms with Crippen LogP contribution in [0, 0.1) is 0 Å². The molecule has 7 heteroatoms. The van der Waals surface area contributed by atoms with E-state index in [1.165, 1.54) is 17.7 Å². The number of hydrogen-bond acceptors (Lipinski definition) is 6. The fraction of sp³-hybridized carbons (Fsp3) is 0. The van der Waals surface area contributed by atoms with Gasteiger partial charge in [0.1, 0.15) is 12.0 Å². The molecule has 0 spiro atoms. The van der Waals surface area contributed by atoms with Crippen LogP contribution in [0.3, 0.4) is 0 Å². The SMILES string of the molecule is Nc1nn2cc(-c3ccncn3)nc2s1. The molecule has 0 aliphatic rings. The van der Waals surface area contributed by atoms with E-state index in [1.54, 1.807) is 23.0 Å². The third kappa shape index (κ3) is 1.33. The zero-order valence-electron chi connectivity index (χ0n) is 7.53. The highest BCUT2D eigenvalue weighted by atomic mass is 32.1. The van der Waals surface area contributed by atoms with Crippen LogP contribution in [-0.4, -0.2) is 24.6 Å². The molecular formula is C8H6N6S. The molecule has 0 amide bonds. The Bertz CT molecular complexity index is 566. The molecule has 0 aromatic carbocycles. The molecule has 0 radical (unpaired) electrons. The second-order valence-corrected chi connectivity index (χ2v) is 3.88. The monoisotopic (exact) mass is 218 g/mol. The van der Waals surface area contributed by atoms with E-state index in [4.69, 9.17) is 5.73 Å². The van der Waals surface area contributed by atoms with E-state index in [1.807, 2.05) is 0 Å². The van der Waals surface area contributed by atoms with Crippen LogP contribution >= 0.6 is 11.3 Å². The van der Waals surface area contributed by atoms with Crippen LogP contribution in [0.5, 0.6) is 0 Å². The Morgan fingerprint density at radius 2 is 2.27 bits per heavy atom. The number of nitrogens with two attached hydrogens (primary N) is 1. The van der Waals surface area contributed by atoms with Gasteiger partial charge in [-0.1, -0.05) is 11.3 Å². The Hall–Kier alpha value is -2.02. The van der Waals surface area contributed by atoms with Gasteiger partial charge in [-0.05, 0) is 6.07 Å². The number of nitrogens with zero attached hydrogens (tertiary/aromatic N) is 5. The van der Waals surface area contributed by atoms with Crippen molar-refractivity contribution in [3.8, 4) is 11.4 Å². The van der Waals surface area contributed by atoms with Crippen LogP contribution in [0.2, 0.25) is 0 Å². The summed E-state index contributed by atoms with van der Waals surface area (Å²) in [4.78, 5) is 13.1. The smallest absolute Gasteiger partial charge is 0.214 e. The third-order valence-electron chi connectivity index (χ3n) is 1.90. The van der Waals surface area contributed by atoms with Crippen molar-refractivity contribution < 1.29 is 0 Å². The standard InChI is InChI=1S/C8H6N6S/c9-7-13-14-3-6(12-8(14)15-7)5-1-2-10-4-11-5/h1-4H,(H2,9,13). The van der Waals surface area contributed by atoms with Crippen molar-refractivity contribution in [2.24, 2.45) is 0 Å². The highest BCUT2D eigenvalue weighted by molar-refractivity contribution is 7.20. The Balaban J connectivity index is 2.16. The normalized spacial score (nSPS) is 10.9. The maximum atomic E-state index is 5.54. The number of nitrogen functional groups attached to an aromatic ring is 1. The minimum absolute atomic E-state index is 0.506. The summed E-state index contributed by atoms with van der Waals surface area (Å²) in [5.41, 5.74) is 7.10. The first-order valence-corrected chi connectivity index (χ1v) is 5.02. The number of imidazole rings is 1. The molecule has 3 rings (SSSR count). The summed E-state index contributed by atoms with van der Waals surface area (Å²) in [5.74, 6) is 0. The van der Waals surface area contributed by atoms with Crippen molar-refractivity contribution in [3.63, 3.8) is 0 Å². The average Bonchev–Trinajstić information content (AvgIpc) is 2.76. The van der Waals surface area contributed by atoms with Crippen molar-refractivity contribution in [2.45, 2.75) is 0 Å². The quantitative estimate of drug-likeness (QED) is 0.654. The van der Waals surface area contributed by atoms with Gasteiger partial charge in [0.2, 0.25) is 10.1 Å². The molecule has 0 bridgehead atoms. The van der Waals surface area contributed by atoms with E-state index >= 15 is 0 Å². The molecule has 3 heterocycles. The summed E-state index contributed by atoms with van der Waals surface area (Å²) < 4.78 is 1.65. The van der Waals surface area contributed by atoms with E-state index in [2.05, 4.69) is 20.1 Å². The van der Waals surface area contributed by atoms with Gasteiger partial charge in [-0.25, -0.2) is 19.5 Å². The van der Waals surface area contributed by atoms with E-state index in [9.17, 15) is 0 Å². The average molecular weight is 218 g/mol. The number of hydrogen-bond donors (Lipinski definition) is 1. The molecule has 6 nitrogen and oxygen atoms in total. The molecule has 0 unspecified atom stereocenters. The summed E-state index contributed by atoms with van der Waals surface area (Å²) >= 11 is 1.34. The fourth-order valence-corrected chi connectivity index (χ4v) is 1.93. The van der Waals surface area contributed by atoms with Gasteiger partial charge in [-0.3, -0.25) is 0 Å². The molecule has 0 atom stereocenters. The predicted molar refractivity (Wildman–Crippen MR) is 56.3 cm³/mol.